The predicted molar refractivity (Wildman–Crippen MR) is 110 cm³/mol. The minimum atomic E-state index is 0.0346. The summed E-state index contributed by atoms with van der Waals surface area (Å²) >= 11 is 7.58. The van der Waals surface area contributed by atoms with Gasteiger partial charge in [0.2, 0.25) is 5.78 Å². The molecule has 0 amide bonds. The lowest BCUT2D eigenvalue weighted by Gasteiger charge is -2.05. The number of benzene rings is 2. The van der Waals surface area contributed by atoms with Crippen molar-refractivity contribution >= 4 is 33.9 Å². The third kappa shape index (κ3) is 4.71. The van der Waals surface area contributed by atoms with Crippen molar-refractivity contribution in [3.63, 3.8) is 0 Å². The Morgan fingerprint density at radius 2 is 1.88 bits per heavy atom. The molecule has 1 heterocycles. The minimum Gasteiger partial charge on any atom is -0.362 e. The molecule has 0 radical (unpaired) electrons. The lowest BCUT2D eigenvalue weighted by Crippen LogP contribution is -2.02. The van der Waals surface area contributed by atoms with E-state index in [-0.39, 0.29) is 5.78 Å². The highest BCUT2D eigenvalue weighted by Gasteiger charge is 2.14. The van der Waals surface area contributed by atoms with E-state index in [1.807, 2.05) is 49.4 Å². The van der Waals surface area contributed by atoms with E-state index in [0.29, 0.717) is 4.88 Å². The third-order valence-corrected chi connectivity index (χ3v) is 5.55. The van der Waals surface area contributed by atoms with Crippen LogP contribution in [0, 0.1) is 6.92 Å². The quantitative estimate of drug-likeness (QED) is 0.396. The van der Waals surface area contributed by atoms with Gasteiger partial charge in [0.25, 0.3) is 0 Å². The first-order chi connectivity index (χ1) is 12.6. The van der Waals surface area contributed by atoms with Gasteiger partial charge >= 0.3 is 0 Å². The molecule has 0 atom stereocenters. The summed E-state index contributed by atoms with van der Waals surface area (Å²) in [6.07, 6.45) is 4.70. The van der Waals surface area contributed by atoms with Crippen molar-refractivity contribution in [1.82, 2.24) is 4.98 Å². The molecule has 0 unspecified atom stereocenters. The number of aromatic nitrogens is 1. The van der Waals surface area contributed by atoms with Gasteiger partial charge in [0.1, 0.15) is 0 Å². The summed E-state index contributed by atoms with van der Waals surface area (Å²) in [5, 5.41) is 4.93. The summed E-state index contributed by atoms with van der Waals surface area (Å²) in [4.78, 5) is 17.6. The van der Waals surface area contributed by atoms with E-state index < -0.39 is 0 Å². The van der Waals surface area contributed by atoms with E-state index in [1.54, 1.807) is 6.20 Å². The number of rotatable bonds is 8. The fraction of sp³-hybridized carbons (Fsp3) is 0.238. The maximum Gasteiger partial charge on any atom is 0.204 e. The predicted octanol–water partition coefficient (Wildman–Crippen LogP) is 5.77. The second-order valence-electron chi connectivity index (χ2n) is 6.15. The molecular formula is C21H21ClN2OS. The Labute approximate surface area is 163 Å². The van der Waals surface area contributed by atoms with Crippen molar-refractivity contribution in [2.45, 2.75) is 26.2 Å². The Hall–Kier alpha value is -2.17. The van der Waals surface area contributed by atoms with Crippen LogP contribution >= 0.6 is 22.9 Å². The van der Waals surface area contributed by atoms with E-state index >= 15 is 0 Å². The molecule has 0 aliphatic rings. The summed E-state index contributed by atoms with van der Waals surface area (Å²) < 4.78 is 0. The van der Waals surface area contributed by atoms with E-state index in [9.17, 15) is 4.79 Å². The van der Waals surface area contributed by atoms with Crippen LogP contribution in [0.15, 0.2) is 54.7 Å². The molecule has 134 valence electrons. The summed E-state index contributed by atoms with van der Waals surface area (Å²) in [6.45, 7) is 2.78. The number of hydrogen-bond acceptors (Lipinski definition) is 4. The number of aryl methyl sites for hydroxylation is 2. The van der Waals surface area contributed by atoms with Gasteiger partial charge in [-0.2, -0.15) is 0 Å². The molecule has 0 saturated heterocycles. The van der Waals surface area contributed by atoms with E-state index in [2.05, 4.69) is 16.4 Å². The number of ketones is 1. The average Bonchev–Trinajstić information content (AvgIpc) is 3.12. The van der Waals surface area contributed by atoms with Gasteiger partial charge < -0.3 is 5.32 Å². The van der Waals surface area contributed by atoms with Gasteiger partial charge in [0.05, 0.1) is 11.1 Å². The highest BCUT2D eigenvalue weighted by atomic mass is 35.5. The number of halogens is 1. The maximum atomic E-state index is 12.6. The van der Waals surface area contributed by atoms with Crippen LogP contribution in [0.2, 0.25) is 5.02 Å². The topological polar surface area (TPSA) is 42.0 Å². The van der Waals surface area contributed by atoms with Crippen molar-refractivity contribution < 1.29 is 4.79 Å². The highest BCUT2D eigenvalue weighted by Crippen LogP contribution is 2.23. The average molecular weight is 385 g/mol. The first-order valence-corrected chi connectivity index (χ1v) is 9.88. The molecule has 5 heteroatoms. The fourth-order valence-electron chi connectivity index (χ4n) is 2.76. The van der Waals surface area contributed by atoms with Gasteiger partial charge in [0.15, 0.2) is 5.13 Å². The number of nitrogens with one attached hydrogen (secondary N) is 1. The first kappa shape index (κ1) is 18.6. The molecule has 1 aromatic heterocycles. The van der Waals surface area contributed by atoms with Crippen LogP contribution in [-0.2, 0) is 6.42 Å². The Morgan fingerprint density at radius 1 is 1.12 bits per heavy atom. The monoisotopic (exact) mass is 384 g/mol. The number of thiazole rings is 1. The molecule has 3 nitrogen and oxygen atoms in total. The number of nitrogens with zero attached hydrogens (tertiary/aromatic N) is 1. The van der Waals surface area contributed by atoms with Gasteiger partial charge in [-0.1, -0.05) is 65.4 Å². The zero-order valence-electron chi connectivity index (χ0n) is 14.7. The molecule has 3 aromatic rings. The standard InChI is InChI=1S/C21H21ClN2OS/c1-15-8-2-4-11-17(15)20(25)19-14-24-21(26-19)23-13-7-6-10-16-9-3-5-12-18(16)22/h2-5,8-9,11-12,14H,6-7,10,13H2,1H3,(H,23,24). The van der Waals surface area contributed by atoms with Gasteiger partial charge in [-0.15, -0.1) is 0 Å². The van der Waals surface area contributed by atoms with E-state index in [0.717, 1.165) is 47.1 Å². The molecule has 2 aromatic carbocycles. The summed E-state index contributed by atoms with van der Waals surface area (Å²) in [5.74, 6) is 0.0346. The second-order valence-corrected chi connectivity index (χ2v) is 7.59. The van der Waals surface area contributed by atoms with Crippen LogP contribution in [-0.4, -0.2) is 17.3 Å². The Morgan fingerprint density at radius 3 is 2.69 bits per heavy atom. The zero-order chi connectivity index (χ0) is 18.4. The lowest BCUT2D eigenvalue weighted by molar-refractivity contribution is 0.104. The van der Waals surface area contributed by atoms with Crippen molar-refractivity contribution in [1.29, 1.82) is 0 Å². The Kier molecular flexibility index (Phi) is 6.42. The molecule has 0 aliphatic heterocycles. The number of hydrogen-bond donors (Lipinski definition) is 1. The van der Waals surface area contributed by atoms with Crippen molar-refractivity contribution in [2.24, 2.45) is 0 Å². The summed E-state index contributed by atoms with van der Waals surface area (Å²) in [5.41, 5.74) is 2.91. The highest BCUT2D eigenvalue weighted by molar-refractivity contribution is 7.17. The number of carbonyl (C=O) groups is 1. The third-order valence-electron chi connectivity index (χ3n) is 4.23. The minimum absolute atomic E-state index is 0.0346. The van der Waals surface area contributed by atoms with Crippen LogP contribution < -0.4 is 5.32 Å². The molecule has 1 N–H and O–H groups in total. The van der Waals surface area contributed by atoms with Gasteiger partial charge in [-0.3, -0.25) is 4.79 Å². The normalized spacial score (nSPS) is 10.7. The fourth-order valence-corrected chi connectivity index (χ4v) is 3.78. The van der Waals surface area contributed by atoms with Crippen LogP contribution in [0.5, 0.6) is 0 Å². The summed E-state index contributed by atoms with van der Waals surface area (Å²) in [7, 11) is 0. The molecule has 26 heavy (non-hydrogen) atoms. The van der Waals surface area contributed by atoms with Crippen molar-refractivity contribution in [3.8, 4) is 0 Å². The Balaban J connectivity index is 1.48. The number of carbonyl (C=O) groups excluding carboxylic acids is 1. The van der Waals surface area contributed by atoms with E-state index in [4.69, 9.17) is 11.6 Å². The van der Waals surface area contributed by atoms with Crippen LogP contribution in [0.1, 0.15) is 39.2 Å². The number of anilines is 1. The Bertz CT molecular complexity index is 891. The zero-order valence-corrected chi connectivity index (χ0v) is 16.2. The smallest absolute Gasteiger partial charge is 0.204 e. The molecule has 3 rings (SSSR count). The largest absolute Gasteiger partial charge is 0.362 e. The molecule has 0 fully saturated rings. The second kappa shape index (κ2) is 8.97. The SMILES string of the molecule is Cc1ccccc1C(=O)c1cnc(NCCCCc2ccccc2Cl)s1. The lowest BCUT2D eigenvalue weighted by atomic mass is 10.0. The van der Waals surface area contributed by atoms with Gasteiger partial charge in [-0.25, -0.2) is 4.98 Å². The molecule has 0 spiro atoms. The first-order valence-electron chi connectivity index (χ1n) is 8.68. The van der Waals surface area contributed by atoms with Crippen molar-refractivity contribution in [2.75, 3.05) is 11.9 Å². The van der Waals surface area contributed by atoms with Gasteiger partial charge in [0, 0.05) is 17.1 Å². The van der Waals surface area contributed by atoms with Crippen LogP contribution in [0.4, 0.5) is 5.13 Å². The van der Waals surface area contributed by atoms with E-state index in [1.165, 1.54) is 16.9 Å². The van der Waals surface area contributed by atoms with Crippen LogP contribution in [0.3, 0.4) is 0 Å². The number of unbranched alkanes of at least 4 members (excludes halogenated alkanes) is 1. The molecule has 0 aliphatic carbocycles. The maximum absolute atomic E-state index is 12.6. The van der Waals surface area contributed by atoms with Crippen LogP contribution in [0.25, 0.3) is 0 Å². The van der Waals surface area contributed by atoms with Crippen molar-refractivity contribution in [3.05, 3.63) is 81.3 Å². The molecule has 0 saturated carbocycles. The molecule has 0 bridgehead atoms. The van der Waals surface area contributed by atoms with Gasteiger partial charge in [-0.05, 0) is 43.4 Å². The summed E-state index contributed by atoms with van der Waals surface area (Å²) in [6, 6.07) is 15.6. The molecular weight excluding hydrogens is 364 g/mol.